The second kappa shape index (κ2) is 6.92. The van der Waals surface area contributed by atoms with Gasteiger partial charge in [0.25, 0.3) is 0 Å². The Morgan fingerprint density at radius 2 is 1.91 bits per heavy atom. The van der Waals surface area contributed by atoms with Gasteiger partial charge in [0.05, 0.1) is 23.3 Å². The summed E-state index contributed by atoms with van der Waals surface area (Å²) in [5.41, 5.74) is -6.21. The van der Waals surface area contributed by atoms with Crippen LogP contribution in [0, 0.1) is 5.82 Å². The third kappa shape index (κ3) is 3.29. The molecule has 170 valence electrons. The molecule has 1 N–H and O–H groups in total. The van der Waals surface area contributed by atoms with Gasteiger partial charge in [-0.3, -0.25) is 4.90 Å². The quantitative estimate of drug-likeness (QED) is 0.505. The van der Waals surface area contributed by atoms with E-state index in [1.54, 1.807) is 0 Å². The van der Waals surface area contributed by atoms with E-state index in [9.17, 15) is 35.5 Å². The van der Waals surface area contributed by atoms with E-state index in [0.29, 0.717) is 11.1 Å². The summed E-state index contributed by atoms with van der Waals surface area (Å²) in [6.45, 7) is -0.141. The van der Waals surface area contributed by atoms with Gasteiger partial charge in [0.1, 0.15) is 5.41 Å². The Hall–Kier alpha value is -3.16. The van der Waals surface area contributed by atoms with Crippen LogP contribution in [0.3, 0.4) is 0 Å². The Bertz CT molecular complexity index is 1240. The molecule has 1 aliphatic heterocycles. The number of pyridine rings is 1. The van der Waals surface area contributed by atoms with Crippen LogP contribution in [0.15, 0.2) is 24.5 Å². The van der Waals surface area contributed by atoms with Crippen molar-refractivity contribution in [1.82, 2.24) is 19.6 Å². The van der Waals surface area contributed by atoms with Crippen LogP contribution < -0.4 is 10.2 Å². The maximum Gasteiger partial charge on any atom is 0.436 e. The maximum atomic E-state index is 14.2. The number of aromatic nitrogens is 4. The minimum atomic E-state index is -5.14. The molecule has 0 aromatic carbocycles. The van der Waals surface area contributed by atoms with Crippen LogP contribution in [0.5, 0.6) is 0 Å². The Kier molecular flexibility index (Phi) is 4.77. The molecule has 0 saturated carbocycles. The Morgan fingerprint density at radius 1 is 1.22 bits per heavy atom. The van der Waals surface area contributed by atoms with Crippen molar-refractivity contribution in [3.05, 3.63) is 46.9 Å². The van der Waals surface area contributed by atoms with E-state index in [4.69, 9.17) is 11.6 Å². The van der Waals surface area contributed by atoms with Gasteiger partial charge in [-0.05, 0) is 13.0 Å². The average Bonchev–Trinajstić information content (AvgIpc) is 3.19. The third-order valence-corrected chi connectivity index (χ3v) is 5.18. The number of hydrogen-bond acceptors (Lipinski definition) is 4. The van der Waals surface area contributed by atoms with Crippen LogP contribution in [0.2, 0.25) is 5.15 Å². The number of urea groups is 1. The summed E-state index contributed by atoms with van der Waals surface area (Å²) in [6, 6.07) is 0.653. The molecule has 7 nitrogen and oxygen atoms in total. The van der Waals surface area contributed by atoms with Crippen LogP contribution in [0.1, 0.15) is 18.3 Å². The highest BCUT2D eigenvalue weighted by molar-refractivity contribution is 6.29. The van der Waals surface area contributed by atoms with E-state index in [1.807, 2.05) is 5.32 Å². The first kappa shape index (κ1) is 22.0. The molecule has 3 aromatic rings. The van der Waals surface area contributed by atoms with Gasteiger partial charge in [-0.25, -0.2) is 23.7 Å². The summed E-state index contributed by atoms with van der Waals surface area (Å²) >= 11 is 5.78. The van der Waals surface area contributed by atoms with Crippen LogP contribution in [0.4, 0.5) is 46.9 Å². The van der Waals surface area contributed by atoms with Crippen LogP contribution >= 0.6 is 11.6 Å². The summed E-state index contributed by atoms with van der Waals surface area (Å²) in [7, 11) is 0. The predicted octanol–water partition coefficient (Wildman–Crippen LogP) is 4.81. The number of nitrogens with one attached hydrogen (secondary N) is 1. The fourth-order valence-corrected chi connectivity index (χ4v) is 3.59. The van der Waals surface area contributed by atoms with Crippen molar-refractivity contribution in [2.24, 2.45) is 0 Å². The summed E-state index contributed by atoms with van der Waals surface area (Å²) in [5, 5.41) is 5.52. The van der Waals surface area contributed by atoms with Crippen molar-refractivity contribution >= 4 is 34.7 Å². The lowest BCUT2D eigenvalue weighted by Gasteiger charge is -2.28. The first-order valence-corrected chi connectivity index (χ1v) is 9.03. The van der Waals surface area contributed by atoms with Gasteiger partial charge in [-0.2, -0.15) is 31.4 Å². The lowest BCUT2D eigenvalue weighted by Crippen LogP contribution is -2.46. The molecule has 3 aromatic heterocycles. The number of amides is 2. The number of rotatable bonds is 1. The van der Waals surface area contributed by atoms with Gasteiger partial charge in [-0.1, -0.05) is 11.6 Å². The lowest BCUT2D eigenvalue weighted by molar-refractivity contribution is -0.181. The van der Waals surface area contributed by atoms with Gasteiger partial charge in [0.15, 0.2) is 22.3 Å². The zero-order valence-corrected chi connectivity index (χ0v) is 16.4. The molecule has 0 saturated heterocycles. The monoisotopic (exact) mass is 482 g/mol. The zero-order chi connectivity index (χ0) is 23.6. The van der Waals surface area contributed by atoms with E-state index in [-0.39, 0.29) is 16.5 Å². The van der Waals surface area contributed by atoms with E-state index in [0.717, 1.165) is 23.7 Å². The minimum Gasteiger partial charge on any atom is -0.305 e. The molecule has 1 aliphatic rings. The summed E-state index contributed by atoms with van der Waals surface area (Å²) in [5.74, 6) is -1.88. The zero-order valence-electron chi connectivity index (χ0n) is 15.7. The molecular formula is C17H10ClF7N6O. The van der Waals surface area contributed by atoms with Crippen molar-refractivity contribution < 1.29 is 35.5 Å². The molecule has 0 fully saturated rings. The largest absolute Gasteiger partial charge is 0.436 e. The SMILES string of the molecule is C[C@@]1(C(F)(F)F)CN(C(=O)Nc2ccnc(C(F)(F)F)c2F)c2cnc3cc(Cl)nn3c21. The van der Waals surface area contributed by atoms with Gasteiger partial charge in [-0.15, -0.1) is 0 Å². The molecule has 32 heavy (non-hydrogen) atoms. The van der Waals surface area contributed by atoms with Crippen LogP contribution in [-0.2, 0) is 11.6 Å². The summed E-state index contributed by atoms with van der Waals surface area (Å²) in [6.07, 6.45) is -8.43. The first-order chi connectivity index (χ1) is 14.7. The normalized spacial score (nSPS) is 18.8. The molecule has 15 heteroatoms. The molecule has 0 unspecified atom stereocenters. The van der Waals surface area contributed by atoms with Crippen molar-refractivity contribution in [3.63, 3.8) is 0 Å². The Morgan fingerprint density at radius 3 is 2.53 bits per heavy atom. The molecule has 0 bridgehead atoms. The highest BCUT2D eigenvalue weighted by atomic mass is 35.5. The fourth-order valence-electron chi connectivity index (χ4n) is 3.41. The molecule has 1 atom stereocenters. The topological polar surface area (TPSA) is 75.4 Å². The second-order valence-electron chi connectivity index (χ2n) is 7.09. The van der Waals surface area contributed by atoms with Crippen molar-refractivity contribution in [3.8, 4) is 0 Å². The summed E-state index contributed by atoms with van der Waals surface area (Å²) < 4.78 is 95.7. The van der Waals surface area contributed by atoms with Gasteiger partial charge >= 0.3 is 18.4 Å². The standard InChI is InChI=1S/C17H10ClF7N6O/c1-15(17(23,24)25)6-30(8-5-27-10-4-9(18)29-31(10)13(8)15)14(32)28-7-2-3-26-12(11(7)19)16(20,21)22/h2-5H,6H2,1H3,(H,26,28,32)/t15-/m1/s1. The van der Waals surface area contributed by atoms with E-state index >= 15 is 0 Å². The molecule has 4 rings (SSSR count). The van der Waals surface area contributed by atoms with Gasteiger partial charge < -0.3 is 5.32 Å². The van der Waals surface area contributed by atoms with E-state index in [2.05, 4.69) is 15.1 Å². The smallest absolute Gasteiger partial charge is 0.305 e. The molecule has 0 radical (unpaired) electrons. The van der Waals surface area contributed by atoms with Crippen LogP contribution in [-0.4, -0.2) is 38.3 Å². The number of alkyl halides is 6. The maximum absolute atomic E-state index is 14.2. The van der Waals surface area contributed by atoms with Crippen LogP contribution in [0.25, 0.3) is 5.65 Å². The van der Waals surface area contributed by atoms with Gasteiger partial charge in [0.2, 0.25) is 0 Å². The van der Waals surface area contributed by atoms with E-state index < -0.39 is 53.2 Å². The number of hydrogen-bond donors (Lipinski definition) is 1. The highest BCUT2D eigenvalue weighted by Crippen LogP contribution is 2.50. The third-order valence-electron chi connectivity index (χ3n) is 4.99. The van der Waals surface area contributed by atoms with Crippen molar-refractivity contribution in [1.29, 1.82) is 0 Å². The van der Waals surface area contributed by atoms with Crippen molar-refractivity contribution in [2.75, 3.05) is 16.8 Å². The molecular weight excluding hydrogens is 473 g/mol. The molecule has 4 heterocycles. The number of anilines is 2. The number of carbonyl (C=O) groups is 1. The number of nitrogens with zero attached hydrogens (tertiary/aromatic N) is 5. The Balaban J connectivity index is 1.79. The molecule has 2 amide bonds. The fraction of sp³-hybridized carbons (Fsp3) is 0.294. The number of halogens is 8. The average molecular weight is 483 g/mol. The molecule has 0 spiro atoms. The highest BCUT2D eigenvalue weighted by Gasteiger charge is 2.60. The lowest BCUT2D eigenvalue weighted by atomic mass is 9.88. The first-order valence-electron chi connectivity index (χ1n) is 8.66. The summed E-state index contributed by atoms with van der Waals surface area (Å²) in [4.78, 5) is 20.2. The predicted molar refractivity (Wildman–Crippen MR) is 97.0 cm³/mol. The van der Waals surface area contributed by atoms with E-state index in [1.165, 1.54) is 6.07 Å². The van der Waals surface area contributed by atoms with Gasteiger partial charge in [0, 0.05) is 18.8 Å². The Labute approximate surface area is 178 Å². The molecule has 0 aliphatic carbocycles. The number of fused-ring (bicyclic) bond motifs is 3. The minimum absolute atomic E-state index is 0.0125. The second-order valence-corrected chi connectivity index (χ2v) is 7.48. The van der Waals surface area contributed by atoms with Crippen molar-refractivity contribution in [2.45, 2.75) is 24.7 Å². The number of carbonyl (C=O) groups excluding carboxylic acids is 1.